The Morgan fingerprint density at radius 1 is 0.500 bits per heavy atom. The van der Waals surface area contributed by atoms with E-state index in [0.29, 0.717) is 13.1 Å². The lowest BCUT2D eigenvalue weighted by Gasteiger charge is -2.12. The van der Waals surface area contributed by atoms with Crippen molar-refractivity contribution >= 4 is 24.0 Å². The van der Waals surface area contributed by atoms with Crippen molar-refractivity contribution in [3.63, 3.8) is 0 Å². The van der Waals surface area contributed by atoms with Gasteiger partial charge in [-0.3, -0.25) is 20.2 Å². The maximum Gasteiger partial charge on any atom is 0.411 e. The molecule has 0 rings (SSSR count). The number of rotatable bonds is 21. The number of unbranched alkanes of at least 4 members (excludes halogenated alkanes) is 13. The fourth-order valence-corrected chi connectivity index (χ4v) is 3.62. The molecule has 34 heavy (non-hydrogen) atoms. The predicted molar refractivity (Wildman–Crippen MR) is 132 cm³/mol. The average molecular weight is 487 g/mol. The number of hydrogen-bond acceptors (Lipinski definition) is 6. The van der Waals surface area contributed by atoms with Crippen LogP contribution < -0.4 is 21.3 Å². The Hall–Kier alpha value is -2.20. The maximum absolute atomic E-state index is 11.4. The molecule has 2 unspecified atom stereocenters. The second-order valence-corrected chi connectivity index (χ2v) is 8.89. The lowest BCUT2D eigenvalue weighted by atomic mass is 10.0. The third kappa shape index (κ3) is 20.4. The molecule has 10 nitrogen and oxygen atoms in total. The average Bonchev–Trinajstić information content (AvgIpc) is 2.76. The molecule has 0 aliphatic heterocycles. The monoisotopic (exact) mass is 486 g/mol. The van der Waals surface area contributed by atoms with Gasteiger partial charge >= 0.3 is 12.2 Å². The maximum atomic E-state index is 11.4. The number of carbonyl (C=O) groups is 4. The second kappa shape index (κ2) is 21.3. The van der Waals surface area contributed by atoms with E-state index in [4.69, 9.17) is 10.2 Å². The van der Waals surface area contributed by atoms with Gasteiger partial charge in [0.1, 0.15) is 0 Å². The minimum absolute atomic E-state index is 0.497. The van der Waals surface area contributed by atoms with Crippen molar-refractivity contribution < 1.29 is 29.4 Å². The molecule has 0 aliphatic rings. The molecule has 0 saturated heterocycles. The van der Waals surface area contributed by atoms with E-state index < -0.39 is 36.1 Å². The Morgan fingerprint density at radius 2 is 0.735 bits per heavy atom. The zero-order valence-corrected chi connectivity index (χ0v) is 21.0. The van der Waals surface area contributed by atoms with Gasteiger partial charge in [-0.05, 0) is 39.8 Å². The number of carbonyl (C=O) groups excluding carboxylic acids is 2. The summed E-state index contributed by atoms with van der Waals surface area (Å²) in [7, 11) is 0. The van der Waals surface area contributed by atoms with Crippen molar-refractivity contribution in [2.75, 3.05) is 13.1 Å². The van der Waals surface area contributed by atoms with Crippen LogP contribution in [-0.4, -0.2) is 59.4 Å². The van der Waals surface area contributed by atoms with Crippen LogP contribution in [0.3, 0.4) is 0 Å². The molecule has 0 spiro atoms. The van der Waals surface area contributed by atoms with Crippen molar-refractivity contribution in [2.24, 2.45) is 0 Å². The smallest absolute Gasteiger partial charge is 0.411 e. The van der Waals surface area contributed by atoms with Gasteiger partial charge in [-0.1, -0.05) is 77.0 Å². The van der Waals surface area contributed by atoms with Crippen LogP contribution in [0, 0.1) is 0 Å². The zero-order chi connectivity index (χ0) is 25.6. The van der Waals surface area contributed by atoms with E-state index in [1.807, 2.05) is 10.6 Å². The van der Waals surface area contributed by atoms with Gasteiger partial charge in [0.25, 0.3) is 0 Å². The summed E-state index contributed by atoms with van der Waals surface area (Å²) in [6.45, 7) is 4.75. The summed E-state index contributed by atoms with van der Waals surface area (Å²) in [6, 6.07) is -0.994. The Kier molecular flexibility index (Phi) is 20.0. The predicted octanol–water partition coefficient (Wildman–Crippen LogP) is 3.99. The van der Waals surface area contributed by atoms with Crippen LogP contribution in [0.5, 0.6) is 0 Å². The summed E-state index contributed by atoms with van der Waals surface area (Å²) in [5.74, 6) is -1.03. The zero-order valence-electron chi connectivity index (χ0n) is 21.0. The van der Waals surface area contributed by atoms with Gasteiger partial charge in [0, 0.05) is 0 Å². The highest BCUT2D eigenvalue weighted by Crippen LogP contribution is 2.12. The van der Waals surface area contributed by atoms with Crippen LogP contribution in [-0.2, 0) is 9.59 Å². The minimum Gasteiger partial charge on any atom is -0.465 e. The first-order valence-corrected chi connectivity index (χ1v) is 12.8. The van der Waals surface area contributed by atoms with Crippen LogP contribution in [0.25, 0.3) is 0 Å². The first-order chi connectivity index (χ1) is 16.2. The molecule has 0 radical (unpaired) electrons. The second-order valence-electron chi connectivity index (χ2n) is 8.89. The summed E-state index contributed by atoms with van der Waals surface area (Å²) >= 11 is 0. The number of imide groups is 2. The SMILES string of the molecule is CC(NCCCCCCCCCCCCCCCCNC(C)C(=O)NC(=O)O)C(=O)NC(=O)O. The summed E-state index contributed by atoms with van der Waals surface area (Å²) in [5, 5.41) is 26.8. The Morgan fingerprint density at radius 3 is 0.971 bits per heavy atom. The highest BCUT2D eigenvalue weighted by atomic mass is 16.4. The number of hydrogen-bond donors (Lipinski definition) is 6. The van der Waals surface area contributed by atoms with Crippen LogP contribution >= 0.6 is 0 Å². The Labute approximate surface area is 204 Å². The number of nitrogens with one attached hydrogen (secondary N) is 4. The van der Waals surface area contributed by atoms with Crippen LogP contribution in [0.15, 0.2) is 0 Å². The van der Waals surface area contributed by atoms with Crippen molar-refractivity contribution in [3.8, 4) is 0 Å². The lowest BCUT2D eigenvalue weighted by molar-refractivity contribution is -0.122. The lowest BCUT2D eigenvalue weighted by Crippen LogP contribution is -2.44. The van der Waals surface area contributed by atoms with Gasteiger partial charge in [-0.25, -0.2) is 9.59 Å². The first kappa shape index (κ1) is 31.8. The van der Waals surface area contributed by atoms with Crippen LogP contribution in [0.4, 0.5) is 9.59 Å². The molecule has 4 amide bonds. The fourth-order valence-electron chi connectivity index (χ4n) is 3.62. The molecule has 0 saturated carbocycles. The van der Waals surface area contributed by atoms with E-state index in [9.17, 15) is 19.2 Å². The molecule has 198 valence electrons. The summed E-state index contributed by atoms with van der Waals surface area (Å²) in [6.07, 6.45) is 14.1. The first-order valence-electron chi connectivity index (χ1n) is 12.8. The van der Waals surface area contributed by atoms with Crippen molar-refractivity contribution in [2.45, 2.75) is 116 Å². The normalized spacial score (nSPS) is 12.6. The Bertz CT molecular complexity index is 538. The van der Waals surface area contributed by atoms with E-state index in [1.54, 1.807) is 13.8 Å². The topological polar surface area (TPSA) is 157 Å². The van der Waals surface area contributed by atoms with E-state index in [1.165, 1.54) is 64.2 Å². The standard InChI is InChI=1S/C24H46N4O6/c1-19(21(29)27-23(31)32)25-17-15-13-11-9-7-5-3-4-6-8-10-12-14-16-18-26-20(2)22(30)28-24(33)34/h19-20,25-26H,3-18H2,1-2H3,(H,27,29)(H,28,30)(H,31,32)(H,33,34). The van der Waals surface area contributed by atoms with Crippen molar-refractivity contribution in [1.29, 1.82) is 0 Å². The third-order valence-electron chi connectivity index (χ3n) is 5.75. The van der Waals surface area contributed by atoms with Crippen molar-refractivity contribution in [3.05, 3.63) is 0 Å². The summed E-state index contributed by atoms with van der Waals surface area (Å²) < 4.78 is 0. The van der Waals surface area contributed by atoms with E-state index in [0.717, 1.165) is 25.7 Å². The highest BCUT2D eigenvalue weighted by Gasteiger charge is 2.14. The number of amides is 4. The molecular weight excluding hydrogens is 440 g/mol. The molecule has 0 aliphatic carbocycles. The molecule has 0 aromatic rings. The van der Waals surface area contributed by atoms with Gasteiger partial charge in [-0.2, -0.15) is 0 Å². The molecule has 6 N–H and O–H groups in total. The Balaban J connectivity index is 3.30. The largest absolute Gasteiger partial charge is 0.465 e. The van der Waals surface area contributed by atoms with E-state index in [-0.39, 0.29) is 0 Å². The number of carboxylic acid groups (broad SMARTS) is 2. The van der Waals surface area contributed by atoms with E-state index in [2.05, 4.69) is 10.6 Å². The molecular formula is C24H46N4O6. The fraction of sp³-hybridized carbons (Fsp3) is 0.833. The minimum atomic E-state index is -1.32. The molecule has 2 atom stereocenters. The van der Waals surface area contributed by atoms with Gasteiger partial charge in [-0.15, -0.1) is 0 Å². The molecule has 0 aromatic carbocycles. The van der Waals surface area contributed by atoms with Gasteiger partial charge in [0.2, 0.25) is 11.8 Å². The van der Waals surface area contributed by atoms with Crippen LogP contribution in [0.2, 0.25) is 0 Å². The van der Waals surface area contributed by atoms with E-state index >= 15 is 0 Å². The summed E-state index contributed by atoms with van der Waals surface area (Å²) in [5.41, 5.74) is 0. The van der Waals surface area contributed by atoms with Crippen LogP contribution in [0.1, 0.15) is 104 Å². The van der Waals surface area contributed by atoms with Gasteiger partial charge in [0.15, 0.2) is 0 Å². The molecule has 0 heterocycles. The quantitative estimate of drug-likeness (QED) is 0.133. The van der Waals surface area contributed by atoms with Gasteiger partial charge in [0.05, 0.1) is 12.1 Å². The molecule has 0 bridgehead atoms. The summed E-state index contributed by atoms with van der Waals surface area (Å²) in [4.78, 5) is 43.7. The molecule has 0 fully saturated rings. The highest BCUT2D eigenvalue weighted by molar-refractivity contribution is 5.94. The van der Waals surface area contributed by atoms with Crippen molar-refractivity contribution in [1.82, 2.24) is 21.3 Å². The molecule has 0 aromatic heterocycles. The third-order valence-corrected chi connectivity index (χ3v) is 5.75. The van der Waals surface area contributed by atoms with Gasteiger partial charge < -0.3 is 20.8 Å². The molecule has 10 heteroatoms.